The first-order chi connectivity index (χ1) is 7.68. The van der Waals surface area contributed by atoms with Crippen molar-refractivity contribution in [3.63, 3.8) is 0 Å². The summed E-state index contributed by atoms with van der Waals surface area (Å²) >= 11 is 1.92. The summed E-state index contributed by atoms with van der Waals surface area (Å²) in [5.74, 6) is 0. The lowest BCUT2D eigenvalue weighted by molar-refractivity contribution is 0.313. The van der Waals surface area contributed by atoms with Crippen molar-refractivity contribution in [3.8, 4) is 0 Å². The Balaban J connectivity index is 4.66. The van der Waals surface area contributed by atoms with Gasteiger partial charge in [0.1, 0.15) is 0 Å². The zero-order valence-electron chi connectivity index (χ0n) is 13.0. The molecule has 0 aliphatic carbocycles. The molecule has 0 rings (SSSR count). The predicted molar refractivity (Wildman–Crippen MR) is 94.2 cm³/mol. The molecule has 4 nitrogen and oxygen atoms in total. The van der Waals surface area contributed by atoms with Crippen LogP contribution >= 0.6 is 23.0 Å². The summed E-state index contributed by atoms with van der Waals surface area (Å²) < 4.78 is 24.0. The Kier molecular flexibility index (Phi) is 6.99. The standard InChI is InChI=1S/C9H27IO4Si4/c1-15(2,3)12-17(6,7)14-18(8,9)13-16(4,5)11-10/h1-9H3. The fourth-order valence-electron chi connectivity index (χ4n) is 1.98. The normalized spacial score (nSPS) is 15.0. The largest absolute Gasteiger partial charge is 0.437 e. The van der Waals surface area contributed by atoms with E-state index in [-0.39, 0.29) is 0 Å². The van der Waals surface area contributed by atoms with E-state index >= 15 is 0 Å². The van der Waals surface area contributed by atoms with Crippen molar-refractivity contribution in [2.75, 3.05) is 0 Å². The lowest BCUT2D eigenvalue weighted by Crippen LogP contribution is -2.56. The molecule has 0 bridgehead atoms. The SMILES string of the molecule is C[Si](C)(C)O[Si](C)(C)O[Si](C)(C)O[Si](C)(C)OI. The lowest BCUT2D eigenvalue weighted by atomic mass is 11.8. The summed E-state index contributed by atoms with van der Waals surface area (Å²) in [5.41, 5.74) is 0. The second kappa shape index (κ2) is 6.47. The van der Waals surface area contributed by atoms with Crippen LogP contribution in [-0.2, 0) is 15.1 Å². The summed E-state index contributed by atoms with van der Waals surface area (Å²) in [5, 5.41) is 0. The Bertz CT molecular complexity index is 278. The third-order valence-electron chi connectivity index (χ3n) is 1.72. The van der Waals surface area contributed by atoms with E-state index in [0.29, 0.717) is 0 Å². The van der Waals surface area contributed by atoms with E-state index in [1.165, 1.54) is 0 Å². The van der Waals surface area contributed by atoms with Gasteiger partial charge in [0.05, 0.1) is 23.0 Å². The van der Waals surface area contributed by atoms with Gasteiger partial charge in [-0.2, -0.15) is 0 Å². The monoisotopic (exact) mass is 438 g/mol. The van der Waals surface area contributed by atoms with Gasteiger partial charge in [-0.15, -0.1) is 0 Å². The van der Waals surface area contributed by atoms with E-state index in [1.54, 1.807) is 0 Å². The van der Waals surface area contributed by atoms with Gasteiger partial charge in [0, 0.05) is 0 Å². The number of hydrogen-bond donors (Lipinski definition) is 0. The van der Waals surface area contributed by atoms with Gasteiger partial charge in [-0.1, -0.05) is 0 Å². The molecule has 0 aromatic rings. The Labute approximate surface area is 130 Å². The molecular formula is C9H27IO4Si4. The van der Waals surface area contributed by atoms with Gasteiger partial charge in [0.15, 0.2) is 8.32 Å². The average Bonchev–Trinajstić information content (AvgIpc) is 1.93. The minimum atomic E-state index is -2.20. The van der Waals surface area contributed by atoms with E-state index in [4.69, 9.17) is 15.1 Å². The van der Waals surface area contributed by atoms with Crippen LogP contribution < -0.4 is 0 Å². The predicted octanol–water partition coefficient (Wildman–Crippen LogP) is 4.34. The smallest absolute Gasteiger partial charge is 0.333 e. The molecule has 0 radical (unpaired) electrons. The van der Waals surface area contributed by atoms with Crippen molar-refractivity contribution < 1.29 is 15.1 Å². The molecule has 110 valence electrons. The fourth-order valence-corrected chi connectivity index (χ4v) is 19.4. The molecule has 9 heteroatoms. The molecule has 0 aromatic carbocycles. The number of hydrogen-bond acceptors (Lipinski definition) is 4. The lowest BCUT2D eigenvalue weighted by Gasteiger charge is -2.39. The highest BCUT2D eigenvalue weighted by Gasteiger charge is 2.43. The van der Waals surface area contributed by atoms with Gasteiger partial charge in [-0.25, -0.2) is 0 Å². The molecule has 0 heterocycles. The summed E-state index contributed by atoms with van der Waals surface area (Å²) in [7, 11) is -7.98. The molecule has 0 saturated carbocycles. The van der Waals surface area contributed by atoms with Crippen molar-refractivity contribution in [1.82, 2.24) is 0 Å². The quantitative estimate of drug-likeness (QED) is 0.438. The van der Waals surface area contributed by atoms with Crippen LogP contribution in [0.2, 0.25) is 58.9 Å². The third kappa shape index (κ3) is 9.36. The minimum absolute atomic E-state index is 1.58. The van der Waals surface area contributed by atoms with E-state index in [0.717, 1.165) is 0 Å². The van der Waals surface area contributed by atoms with Gasteiger partial charge < -0.3 is 15.1 Å². The summed E-state index contributed by atoms with van der Waals surface area (Å²) in [6.07, 6.45) is 0. The van der Waals surface area contributed by atoms with Crippen molar-refractivity contribution in [1.29, 1.82) is 0 Å². The van der Waals surface area contributed by atoms with Gasteiger partial charge in [0.2, 0.25) is 0 Å². The van der Waals surface area contributed by atoms with Crippen LogP contribution in [0.5, 0.6) is 0 Å². The van der Waals surface area contributed by atoms with Gasteiger partial charge >= 0.3 is 25.7 Å². The van der Waals surface area contributed by atoms with Crippen LogP contribution in [0.3, 0.4) is 0 Å². The second-order valence-corrected chi connectivity index (χ2v) is 23.2. The molecule has 0 N–H and O–H groups in total. The summed E-state index contributed by atoms with van der Waals surface area (Å²) in [6, 6.07) is 0. The van der Waals surface area contributed by atoms with E-state index in [9.17, 15) is 0 Å². The maximum Gasteiger partial charge on any atom is 0.333 e. The third-order valence-corrected chi connectivity index (χ3v) is 17.6. The topological polar surface area (TPSA) is 36.9 Å². The number of rotatable bonds is 7. The van der Waals surface area contributed by atoms with E-state index in [1.807, 2.05) is 36.1 Å². The molecule has 0 fully saturated rings. The Morgan fingerprint density at radius 1 is 0.556 bits per heavy atom. The maximum absolute atomic E-state index is 6.26. The molecule has 0 saturated heterocycles. The molecule has 0 aliphatic rings. The van der Waals surface area contributed by atoms with Crippen molar-refractivity contribution in [2.45, 2.75) is 58.9 Å². The fraction of sp³-hybridized carbons (Fsp3) is 1.00. The highest BCUT2D eigenvalue weighted by atomic mass is 127. The van der Waals surface area contributed by atoms with Crippen molar-refractivity contribution in [3.05, 3.63) is 0 Å². The van der Waals surface area contributed by atoms with Crippen molar-refractivity contribution in [2.24, 2.45) is 0 Å². The summed E-state index contributed by atoms with van der Waals surface area (Å²) in [6.45, 7) is 19.0. The van der Waals surface area contributed by atoms with Crippen LogP contribution in [0.15, 0.2) is 0 Å². The highest BCUT2D eigenvalue weighted by molar-refractivity contribution is 14.1. The van der Waals surface area contributed by atoms with Gasteiger partial charge in [0.25, 0.3) is 0 Å². The van der Waals surface area contributed by atoms with E-state index < -0.39 is 34.0 Å². The molecule has 0 spiro atoms. The van der Waals surface area contributed by atoms with Gasteiger partial charge in [-0.05, 0) is 58.9 Å². The molecule has 0 unspecified atom stereocenters. The minimum Gasteiger partial charge on any atom is -0.437 e. The Hall–Kier alpha value is 1.44. The zero-order valence-corrected chi connectivity index (χ0v) is 19.2. The molecule has 0 atom stereocenters. The van der Waals surface area contributed by atoms with Crippen LogP contribution in [-0.4, -0.2) is 34.0 Å². The maximum atomic E-state index is 6.26. The van der Waals surface area contributed by atoms with Crippen LogP contribution in [0.4, 0.5) is 0 Å². The molecule has 18 heavy (non-hydrogen) atoms. The second-order valence-electron chi connectivity index (χ2n) is 6.70. The Morgan fingerprint density at radius 3 is 1.22 bits per heavy atom. The first kappa shape index (κ1) is 19.4. The highest BCUT2D eigenvalue weighted by Crippen LogP contribution is 2.24. The first-order valence-electron chi connectivity index (χ1n) is 6.08. The van der Waals surface area contributed by atoms with E-state index in [2.05, 4.69) is 45.8 Å². The average molecular weight is 439 g/mol. The molecule has 0 aliphatic heterocycles. The number of halogens is 1. The van der Waals surface area contributed by atoms with Crippen LogP contribution in [0, 0.1) is 0 Å². The van der Waals surface area contributed by atoms with Crippen LogP contribution in [0.1, 0.15) is 0 Å². The zero-order chi connectivity index (χ0) is 14.8. The van der Waals surface area contributed by atoms with Crippen LogP contribution in [0.25, 0.3) is 0 Å². The summed E-state index contributed by atoms with van der Waals surface area (Å²) in [4.78, 5) is 0. The Morgan fingerprint density at radius 2 is 0.889 bits per heavy atom. The molecular weight excluding hydrogens is 411 g/mol. The van der Waals surface area contributed by atoms with Crippen molar-refractivity contribution >= 4 is 57.0 Å². The molecule has 0 aromatic heterocycles. The first-order valence-corrected chi connectivity index (χ1v) is 18.8. The molecule has 0 amide bonds. The van der Waals surface area contributed by atoms with Gasteiger partial charge in [-0.3, -0.25) is 0 Å².